The summed E-state index contributed by atoms with van der Waals surface area (Å²) in [6.45, 7) is 1.98. The highest BCUT2D eigenvalue weighted by atomic mass is 19.2. The molecule has 2 saturated carbocycles. The van der Waals surface area contributed by atoms with Crippen LogP contribution in [0.4, 0.5) is 14.5 Å². The average Bonchev–Trinajstić information content (AvgIpc) is 3.18. The third kappa shape index (κ3) is 3.81. The minimum atomic E-state index is -0.887. The number of carbonyl (C=O) groups excluding carboxylic acids is 1. The summed E-state index contributed by atoms with van der Waals surface area (Å²) in [7, 11) is 0. The maximum atomic E-state index is 13.8. The van der Waals surface area contributed by atoms with Crippen LogP contribution in [-0.4, -0.2) is 20.4 Å². The fraction of sp³-hybridized carbons (Fsp3) is 0.286. The lowest BCUT2D eigenvalue weighted by Gasteiger charge is -2.20. The number of aromatic nitrogens is 3. The van der Waals surface area contributed by atoms with Gasteiger partial charge in [0, 0.05) is 41.5 Å². The second-order valence-electron chi connectivity index (χ2n) is 9.84. The first-order chi connectivity index (χ1) is 17.4. The van der Waals surface area contributed by atoms with Crippen molar-refractivity contribution in [2.75, 3.05) is 5.32 Å². The van der Waals surface area contributed by atoms with Crippen molar-refractivity contribution >= 4 is 22.6 Å². The van der Waals surface area contributed by atoms with Gasteiger partial charge in [0.2, 0.25) is 5.91 Å². The number of anilines is 1. The number of nitriles is 1. The van der Waals surface area contributed by atoms with Crippen LogP contribution in [0.2, 0.25) is 0 Å². The Bertz CT molecular complexity index is 1490. The number of hydrogen-bond donors (Lipinski definition) is 1. The van der Waals surface area contributed by atoms with E-state index in [-0.39, 0.29) is 17.9 Å². The Balaban J connectivity index is 1.07. The summed E-state index contributed by atoms with van der Waals surface area (Å²) in [5.41, 5.74) is 3.98. The number of rotatable bonds is 5. The molecule has 8 heteroatoms. The van der Waals surface area contributed by atoms with E-state index >= 15 is 0 Å². The molecule has 2 aromatic carbocycles. The number of benzene rings is 2. The number of nitrogens with zero attached hydrogens (tertiary/aromatic N) is 4. The SMILES string of the molecule is C[C@H](C(=O)Nc1ccc(-c2ccc(C#N)cn2)cc1)[C@H]1[C@@H]2C[C@@H](n3cnc4cc(F)c(F)cc43)C[C@@H]21. The van der Waals surface area contributed by atoms with Crippen LogP contribution in [0.3, 0.4) is 0 Å². The second-order valence-corrected chi connectivity index (χ2v) is 9.84. The Kier molecular flexibility index (Phi) is 5.29. The fourth-order valence-corrected chi connectivity index (χ4v) is 5.93. The van der Waals surface area contributed by atoms with Crippen LogP contribution < -0.4 is 5.32 Å². The van der Waals surface area contributed by atoms with E-state index in [2.05, 4.69) is 21.4 Å². The molecule has 6 nitrogen and oxygen atoms in total. The predicted molar refractivity (Wildman–Crippen MR) is 131 cm³/mol. The molecule has 36 heavy (non-hydrogen) atoms. The van der Waals surface area contributed by atoms with Gasteiger partial charge < -0.3 is 9.88 Å². The molecule has 2 aromatic heterocycles. The smallest absolute Gasteiger partial charge is 0.227 e. The van der Waals surface area contributed by atoms with Crippen LogP contribution in [0.1, 0.15) is 31.4 Å². The van der Waals surface area contributed by atoms with Gasteiger partial charge in [-0.15, -0.1) is 0 Å². The summed E-state index contributed by atoms with van der Waals surface area (Å²) in [5.74, 6) is -0.647. The van der Waals surface area contributed by atoms with E-state index < -0.39 is 11.6 Å². The number of nitrogens with one attached hydrogen (secondary N) is 1. The summed E-state index contributed by atoms with van der Waals surface area (Å²) in [4.78, 5) is 21.5. The van der Waals surface area contributed by atoms with E-state index in [0.29, 0.717) is 34.4 Å². The number of carbonyl (C=O) groups is 1. The Morgan fingerprint density at radius 1 is 1.08 bits per heavy atom. The van der Waals surface area contributed by atoms with Crippen LogP contribution in [0.25, 0.3) is 22.3 Å². The Morgan fingerprint density at radius 2 is 1.81 bits per heavy atom. The van der Waals surface area contributed by atoms with Gasteiger partial charge in [-0.2, -0.15) is 5.26 Å². The van der Waals surface area contributed by atoms with Crippen molar-refractivity contribution in [2.24, 2.45) is 23.7 Å². The van der Waals surface area contributed by atoms with Gasteiger partial charge in [0.25, 0.3) is 0 Å². The topological polar surface area (TPSA) is 83.6 Å². The molecule has 0 radical (unpaired) electrons. The first kappa shape index (κ1) is 22.4. The molecule has 2 aliphatic carbocycles. The predicted octanol–water partition coefficient (Wildman–Crippen LogP) is 5.72. The lowest BCUT2D eigenvalue weighted by molar-refractivity contribution is -0.120. The molecule has 0 aliphatic heterocycles. The zero-order valence-corrected chi connectivity index (χ0v) is 19.5. The summed E-state index contributed by atoms with van der Waals surface area (Å²) < 4.78 is 29.3. The molecule has 5 atom stereocenters. The molecule has 0 saturated heterocycles. The molecule has 4 aromatic rings. The molecule has 2 heterocycles. The van der Waals surface area contributed by atoms with E-state index in [4.69, 9.17) is 5.26 Å². The van der Waals surface area contributed by atoms with Crippen molar-refractivity contribution in [3.63, 3.8) is 0 Å². The van der Waals surface area contributed by atoms with Crippen molar-refractivity contribution in [3.05, 3.63) is 78.3 Å². The largest absolute Gasteiger partial charge is 0.327 e. The standard InChI is InChI=1S/C28H23F2N5O/c1-15(28(36)34-18-5-3-17(4-6-18)24-7-2-16(12-31)13-32-24)27-20-8-19(9-21(20)27)35-14-33-25-10-22(29)23(30)11-26(25)35/h2-7,10-11,13-15,19-21,27H,8-9H2,1H3,(H,34,36)/t15-,19-,20-,21+,27+/m0/s1. The van der Waals surface area contributed by atoms with Gasteiger partial charge in [0.1, 0.15) is 6.07 Å². The third-order valence-electron chi connectivity index (χ3n) is 7.83. The number of amides is 1. The van der Waals surface area contributed by atoms with Gasteiger partial charge in [-0.1, -0.05) is 19.1 Å². The van der Waals surface area contributed by atoms with Gasteiger partial charge >= 0.3 is 0 Å². The van der Waals surface area contributed by atoms with Crippen molar-refractivity contribution in [1.29, 1.82) is 5.26 Å². The number of fused-ring (bicyclic) bond motifs is 2. The summed E-state index contributed by atoms with van der Waals surface area (Å²) in [5, 5.41) is 11.9. The van der Waals surface area contributed by atoms with Crippen molar-refractivity contribution in [1.82, 2.24) is 14.5 Å². The molecule has 0 unspecified atom stereocenters. The zero-order valence-electron chi connectivity index (χ0n) is 19.5. The van der Waals surface area contributed by atoms with Gasteiger partial charge in [-0.05, 0) is 54.9 Å². The van der Waals surface area contributed by atoms with Crippen molar-refractivity contribution in [2.45, 2.75) is 25.8 Å². The molecular weight excluding hydrogens is 460 g/mol. The number of imidazole rings is 1. The highest BCUT2D eigenvalue weighted by molar-refractivity contribution is 5.93. The quantitative estimate of drug-likeness (QED) is 0.394. The summed E-state index contributed by atoms with van der Waals surface area (Å²) in [6, 6.07) is 15.6. The first-order valence-corrected chi connectivity index (χ1v) is 12.0. The molecule has 2 fully saturated rings. The summed E-state index contributed by atoms with van der Waals surface area (Å²) >= 11 is 0. The molecule has 1 amide bonds. The maximum Gasteiger partial charge on any atom is 0.227 e. The lowest BCUT2D eigenvalue weighted by atomic mass is 9.96. The normalized spacial score (nSPS) is 23.2. The van der Waals surface area contributed by atoms with Gasteiger partial charge in [0.15, 0.2) is 11.6 Å². The van der Waals surface area contributed by atoms with Gasteiger partial charge in [-0.3, -0.25) is 9.78 Å². The third-order valence-corrected chi connectivity index (χ3v) is 7.83. The molecule has 1 N–H and O–H groups in total. The zero-order chi connectivity index (χ0) is 25.0. The van der Waals surface area contributed by atoms with Crippen LogP contribution in [-0.2, 0) is 4.79 Å². The monoisotopic (exact) mass is 483 g/mol. The molecular formula is C28H23F2N5O. The highest BCUT2D eigenvalue weighted by Gasteiger charge is 2.59. The number of hydrogen-bond acceptors (Lipinski definition) is 4. The minimum Gasteiger partial charge on any atom is -0.327 e. The Morgan fingerprint density at radius 3 is 2.47 bits per heavy atom. The van der Waals surface area contributed by atoms with Crippen LogP contribution in [0.5, 0.6) is 0 Å². The van der Waals surface area contributed by atoms with E-state index in [1.807, 2.05) is 35.8 Å². The molecule has 0 bridgehead atoms. The van der Waals surface area contributed by atoms with E-state index in [0.717, 1.165) is 35.9 Å². The number of pyridine rings is 1. The van der Waals surface area contributed by atoms with Crippen LogP contribution >= 0.6 is 0 Å². The molecule has 0 spiro atoms. The minimum absolute atomic E-state index is 0.000764. The maximum absolute atomic E-state index is 13.8. The second kappa shape index (κ2) is 8.52. The van der Waals surface area contributed by atoms with Gasteiger partial charge in [0.05, 0.1) is 28.6 Å². The van der Waals surface area contributed by atoms with Crippen LogP contribution in [0.15, 0.2) is 61.1 Å². The fourth-order valence-electron chi connectivity index (χ4n) is 5.93. The molecule has 2 aliphatic rings. The Hall–Kier alpha value is -4.12. The number of halogens is 2. The van der Waals surface area contributed by atoms with E-state index in [9.17, 15) is 13.6 Å². The molecule has 180 valence electrons. The van der Waals surface area contributed by atoms with E-state index in [1.165, 1.54) is 12.3 Å². The lowest BCUT2D eigenvalue weighted by Crippen LogP contribution is -2.24. The van der Waals surface area contributed by atoms with Crippen molar-refractivity contribution < 1.29 is 13.6 Å². The van der Waals surface area contributed by atoms with E-state index in [1.54, 1.807) is 18.5 Å². The Labute approximate surface area is 206 Å². The first-order valence-electron chi connectivity index (χ1n) is 12.0. The molecule has 6 rings (SSSR count). The van der Waals surface area contributed by atoms with Gasteiger partial charge in [-0.25, -0.2) is 13.8 Å². The van der Waals surface area contributed by atoms with Crippen LogP contribution in [0, 0.1) is 46.6 Å². The highest BCUT2D eigenvalue weighted by Crippen LogP contribution is 2.64. The van der Waals surface area contributed by atoms with Crippen molar-refractivity contribution in [3.8, 4) is 17.3 Å². The summed E-state index contributed by atoms with van der Waals surface area (Å²) in [6.07, 6.45) is 5.02. The average molecular weight is 484 g/mol.